The minimum atomic E-state index is 0.294. The van der Waals surface area contributed by atoms with E-state index in [9.17, 15) is 4.79 Å². The number of pyridine rings is 1. The van der Waals surface area contributed by atoms with Gasteiger partial charge in [-0.05, 0) is 36.6 Å². The quantitative estimate of drug-likeness (QED) is 0.644. The zero-order valence-electron chi connectivity index (χ0n) is 16.2. The molecule has 7 nitrogen and oxygen atoms in total. The molecule has 1 atom stereocenters. The lowest BCUT2D eigenvalue weighted by atomic mass is 9.98. The summed E-state index contributed by atoms with van der Waals surface area (Å²) in [6, 6.07) is 12.2. The summed E-state index contributed by atoms with van der Waals surface area (Å²) in [6.07, 6.45) is 6.11. The highest BCUT2D eigenvalue weighted by molar-refractivity contribution is 5.78. The van der Waals surface area contributed by atoms with Crippen molar-refractivity contribution in [3.05, 3.63) is 60.2 Å². The lowest BCUT2D eigenvalue weighted by Crippen LogP contribution is -2.28. The summed E-state index contributed by atoms with van der Waals surface area (Å²) in [5.74, 6) is 1.88. The summed E-state index contributed by atoms with van der Waals surface area (Å²) in [7, 11) is 0. The van der Waals surface area contributed by atoms with E-state index in [2.05, 4.69) is 44.3 Å². The Labute approximate surface area is 169 Å². The normalized spacial score (nSPS) is 18.5. The molecule has 148 valence electrons. The maximum Gasteiger partial charge on any atom is 0.246 e. The molecule has 0 bridgehead atoms. The molecule has 2 aliphatic heterocycles. The third-order valence-electron chi connectivity index (χ3n) is 5.81. The van der Waals surface area contributed by atoms with Gasteiger partial charge in [-0.3, -0.25) is 9.78 Å². The van der Waals surface area contributed by atoms with Gasteiger partial charge in [-0.1, -0.05) is 23.4 Å². The molecule has 7 heteroatoms. The Morgan fingerprint density at radius 1 is 1.10 bits per heavy atom. The van der Waals surface area contributed by atoms with E-state index in [1.54, 1.807) is 12.4 Å². The number of para-hydroxylation sites is 1. The van der Waals surface area contributed by atoms with Crippen molar-refractivity contribution < 1.29 is 9.32 Å². The number of anilines is 1. The Morgan fingerprint density at radius 2 is 1.97 bits per heavy atom. The molecule has 5 rings (SSSR count). The first-order valence-electron chi connectivity index (χ1n) is 10.1. The second-order valence-electron chi connectivity index (χ2n) is 7.66. The molecule has 1 fully saturated rings. The number of nitrogens with zero attached hydrogens (tertiary/aromatic N) is 5. The molecule has 1 amide bonds. The van der Waals surface area contributed by atoms with Gasteiger partial charge < -0.3 is 14.3 Å². The van der Waals surface area contributed by atoms with Crippen LogP contribution in [0.2, 0.25) is 0 Å². The van der Waals surface area contributed by atoms with Gasteiger partial charge >= 0.3 is 0 Å². The maximum absolute atomic E-state index is 11.9. The zero-order valence-corrected chi connectivity index (χ0v) is 16.2. The predicted molar refractivity (Wildman–Crippen MR) is 108 cm³/mol. The highest BCUT2D eigenvalue weighted by atomic mass is 16.5. The van der Waals surface area contributed by atoms with Gasteiger partial charge in [0.1, 0.15) is 0 Å². The van der Waals surface area contributed by atoms with Crippen LogP contribution in [-0.4, -0.2) is 45.6 Å². The Morgan fingerprint density at radius 3 is 2.79 bits per heavy atom. The summed E-state index contributed by atoms with van der Waals surface area (Å²) < 4.78 is 5.51. The third-order valence-corrected chi connectivity index (χ3v) is 5.81. The van der Waals surface area contributed by atoms with E-state index in [-0.39, 0.29) is 0 Å². The first kappa shape index (κ1) is 17.8. The molecule has 2 aliphatic rings. The van der Waals surface area contributed by atoms with Crippen molar-refractivity contribution in [3.63, 3.8) is 0 Å². The second-order valence-corrected chi connectivity index (χ2v) is 7.66. The van der Waals surface area contributed by atoms with Crippen LogP contribution < -0.4 is 4.90 Å². The molecule has 3 aromatic rings. The SMILES string of the molecule is O=C1CCCN1CCC1CN(Cc2nc(-c3ccncc3)no2)c2ccccc21. The lowest BCUT2D eigenvalue weighted by Gasteiger charge is -2.20. The zero-order chi connectivity index (χ0) is 19.6. The average molecular weight is 389 g/mol. The van der Waals surface area contributed by atoms with Gasteiger partial charge in [0.25, 0.3) is 0 Å². The van der Waals surface area contributed by atoms with Gasteiger partial charge in [0, 0.05) is 55.6 Å². The van der Waals surface area contributed by atoms with Crippen LogP contribution in [0.5, 0.6) is 0 Å². The Hall–Kier alpha value is -3.22. The number of carbonyl (C=O) groups excluding carboxylic acids is 1. The summed E-state index contributed by atoms with van der Waals surface area (Å²) >= 11 is 0. The molecule has 0 radical (unpaired) electrons. The fraction of sp³-hybridized carbons (Fsp3) is 0.364. The molecule has 0 saturated carbocycles. The van der Waals surface area contributed by atoms with Crippen molar-refractivity contribution in [2.24, 2.45) is 0 Å². The maximum atomic E-state index is 11.9. The Balaban J connectivity index is 1.30. The number of carbonyl (C=O) groups is 1. The number of amides is 1. The van der Waals surface area contributed by atoms with Crippen LogP contribution in [0, 0.1) is 0 Å². The van der Waals surface area contributed by atoms with Crippen molar-refractivity contribution in [3.8, 4) is 11.4 Å². The molecule has 1 aromatic carbocycles. The number of aromatic nitrogens is 3. The van der Waals surface area contributed by atoms with Crippen LogP contribution in [-0.2, 0) is 11.3 Å². The van der Waals surface area contributed by atoms with E-state index in [0.29, 0.717) is 36.5 Å². The lowest BCUT2D eigenvalue weighted by molar-refractivity contribution is -0.127. The first-order chi connectivity index (χ1) is 14.3. The molecule has 2 aromatic heterocycles. The molecule has 0 spiro atoms. The van der Waals surface area contributed by atoms with E-state index in [4.69, 9.17) is 4.52 Å². The molecular formula is C22H23N5O2. The standard InChI is InChI=1S/C22H23N5O2/c28-21-6-3-12-26(21)13-9-17-14-27(19-5-2-1-4-18(17)19)15-20-24-22(25-29-20)16-7-10-23-11-8-16/h1-2,4-5,7-8,10-11,17H,3,6,9,12-15H2. The number of rotatable bonds is 6. The smallest absolute Gasteiger partial charge is 0.246 e. The van der Waals surface area contributed by atoms with Crippen LogP contribution in [0.25, 0.3) is 11.4 Å². The largest absolute Gasteiger partial charge is 0.361 e. The van der Waals surface area contributed by atoms with Gasteiger partial charge in [-0.2, -0.15) is 4.98 Å². The van der Waals surface area contributed by atoms with Crippen LogP contribution >= 0.6 is 0 Å². The van der Waals surface area contributed by atoms with Crippen LogP contribution in [0.15, 0.2) is 53.3 Å². The van der Waals surface area contributed by atoms with Crippen molar-refractivity contribution in [2.45, 2.75) is 31.7 Å². The van der Waals surface area contributed by atoms with E-state index in [0.717, 1.165) is 38.0 Å². The van der Waals surface area contributed by atoms with Gasteiger partial charge in [0.2, 0.25) is 17.6 Å². The fourth-order valence-corrected chi connectivity index (χ4v) is 4.33. The first-order valence-corrected chi connectivity index (χ1v) is 10.1. The molecular weight excluding hydrogens is 366 g/mol. The molecule has 1 unspecified atom stereocenters. The topological polar surface area (TPSA) is 75.4 Å². The van der Waals surface area contributed by atoms with Gasteiger partial charge in [-0.15, -0.1) is 0 Å². The van der Waals surface area contributed by atoms with Crippen LogP contribution in [0.1, 0.15) is 36.6 Å². The minimum Gasteiger partial charge on any atom is -0.361 e. The van der Waals surface area contributed by atoms with Crippen LogP contribution in [0.4, 0.5) is 5.69 Å². The molecule has 1 saturated heterocycles. The van der Waals surface area contributed by atoms with Crippen molar-refractivity contribution in [1.29, 1.82) is 0 Å². The molecule has 4 heterocycles. The number of hydrogen-bond acceptors (Lipinski definition) is 6. The monoisotopic (exact) mass is 389 g/mol. The highest BCUT2D eigenvalue weighted by Crippen LogP contribution is 2.39. The van der Waals surface area contributed by atoms with Gasteiger partial charge in [0.15, 0.2) is 0 Å². The van der Waals surface area contributed by atoms with Crippen molar-refractivity contribution in [2.75, 3.05) is 24.5 Å². The highest BCUT2D eigenvalue weighted by Gasteiger charge is 2.30. The van der Waals surface area contributed by atoms with E-state index in [1.807, 2.05) is 17.0 Å². The predicted octanol–water partition coefficient (Wildman–Crippen LogP) is 3.25. The summed E-state index contributed by atoms with van der Waals surface area (Å²) in [6.45, 7) is 3.21. The fourth-order valence-electron chi connectivity index (χ4n) is 4.33. The summed E-state index contributed by atoms with van der Waals surface area (Å²) in [5.41, 5.74) is 3.45. The van der Waals surface area contributed by atoms with E-state index >= 15 is 0 Å². The average Bonchev–Trinajstić information content (AvgIpc) is 3.47. The summed E-state index contributed by atoms with van der Waals surface area (Å²) in [5, 5.41) is 4.12. The Bertz CT molecular complexity index is 1000. The summed E-state index contributed by atoms with van der Waals surface area (Å²) in [4.78, 5) is 24.8. The number of likely N-dealkylation sites (tertiary alicyclic amines) is 1. The number of benzene rings is 1. The third kappa shape index (κ3) is 3.60. The minimum absolute atomic E-state index is 0.294. The van der Waals surface area contributed by atoms with Gasteiger partial charge in [-0.25, -0.2) is 0 Å². The molecule has 29 heavy (non-hydrogen) atoms. The number of hydrogen-bond donors (Lipinski definition) is 0. The van der Waals surface area contributed by atoms with Crippen molar-refractivity contribution in [1.82, 2.24) is 20.0 Å². The molecule has 0 N–H and O–H groups in total. The molecule has 0 aliphatic carbocycles. The number of fused-ring (bicyclic) bond motifs is 1. The van der Waals surface area contributed by atoms with E-state index < -0.39 is 0 Å². The van der Waals surface area contributed by atoms with Gasteiger partial charge in [0.05, 0.1) is 6.54 Å². The second kappa shape index (κ2) is 7.66. The van der Waals surface area contributed by atoms with Crippen molar-refractivity contribution >= 4 is 11.6 Å². The Kier molecular flexibility index (Phi) is 4.71. The van der Waals surface area contributed by atoms with E-state index in [1.165, 1.54) is 11.3 Å². The van der Waals surface area contributed by atoms with Crippen LogP contribution in [0.3, 0.4) is 0 Å².